The van der Waals surface area contributed by atoms with Gasteiger partial charge in [-0.05, 0) is 72.6 Å². The van der Waals surface area contributed by atoms with Crippen molar-refractivity contribution in [1.82, 2.24) is 4.57 Å². The molecule has 0 radical (unpaired) electrons. The summed E-state index contributed by atoms with van der Waals surface area (Å²) in [5.41, 5.74) is 5.32. The van der Waals surface area contributed by atoms with E-state index in [1.54, 1.807) is 26.4 Å². The molecular formula is C25H21NO4. The average Bonchev–Trinajstić information content (AvgIpc) is 3.12. The third kappa shape index (κ3) is 2.74. The Balaban J connectivity index is 1.82. The molecule has 0 saturated heterocycles. The maximum atomic E-state index is 13.7. The van der Waals surface area contributed by atoms with Gasteiger partial charge in [-0.1, -0.05) is 0 Å². The fourth-order valence-electron chi connectivity index (χ4n) is 4.33. The molecule has 30 heavy (non-hydrogen) atoms. The van der Waals surface area contributed by atoms with Crippen molar-refractivity contribution < 1.29 is 19.4 Å². The van der Waals surface area contributed by atoms with Crippen LogP contribution in [0.15, 0.2) is 60.7 Å². The number of hydrogen-bond acceptors (Lipinski definition) is 4. The second-order valence-electron chi connectivity index (χ2n) is 7.41. The lowest BCUT2D eigenvalue weighted by Crippen LogP contribution is -2.13. The van der Waals surface area contributed by atoms with Crippen LogP contribution < -0.4 is 9.47 Å². The molecule has 5 nitrogen and oxygen atoms in total. The Morgan fingerprint density at radius 2 is 1.63 bits per heavy atom. The standard InChI is InChI=1S/C25H21NO4/c1-29-18-7-9-20-16(13-18)11-12-26-22-10-8-19(30-2)14-21(22)23(24(20)26)25(28)15-3-5-17(27)6-4-15/h3-10,13-14,27H,11-12H2,1-2H3. The predicted octanol–water partition coefficient (Wildman–Crippen LogP) is 4.82. The Morgan fingerprint density at radius 1 is 0.933 bits per heavy atom. The van der Waals surface area contributed by atoms with Gasteiger partial charge in [-0.15, -0.1) is 0 Å². The Labute approximate surface area is 174 Å². The lowest BCUT2D eigenvalue weighted by Gasteiger charge is -2.22. The first kappa shape index (κ1) is 18.3. The van der Waals surface area contributed by atoms with E-state index in [4.69, 9.17) is 9.47 Å². The molecule has 0 bridgehead atoms. The van der Waals surface area contributed by atoms with Crippen LogP contribution in [0.5, 0.6) is 17.2 Å². The molecule has 5 heteroatoms. The second kappa shape index (κ2) is 6.95. The van der Waals surface area contributed by atoms with Crippen molar-refractivity contribution in [2.45, 2.75) is 13.0 Å². The topological polar surface area (TPSA) is 60.7 Å². The van der Waals surface area contributed by atoms with Gasteiger partial charge in [0, 0.05) is 28.6 Å². The molecule has 150 valence electrons. The number of aromatic hydroxyl groups is 1. The van der Waals surface area contributed by atoms with Gasteiger partial charge in [-0.2, -0.15) is 0 Å². The first-order chi connectivity index (χ1) is 14.6. The van der Waals surface area contributed by atoms with Crippen molar-refractivity contribution in [2.24, 2.45) is 0 Å². The van der Waals surface area contributed by atoms with E-state index in [9.17, 15) is 9.90 Å². The zero-order valence-corrected chi connectivity index (χ0v) is 16.8. The number of fused-ring (bicyclic) bond motifs is 5. The van der Waals surface area contributed by atoms with Gasteiger partial charge in [-0.25, -0.2) is 0 Å². The first-order valence-corrected chi connectivity index (χ1v) is 9.82. The zero-order chi connectivity index (χ0) is 20.8. The molecule has 0 fully saturated rings. The lowest BCUT2D eigenvalue weighted by atomic mass is 9.92. The van der Waals surface area contributed by atoms with E-state index in [2.05, 4.69) is 4.57 Å². The third-order valence-electron chi connectivity index (χ3n) is 5.80. The highest BCUT2D eigenvalue weighted by atomic mass is 16.5. The molecule has 5 rings (SSSR count). The van der Waals surface area contributed by atoms with Crippen molar-refractivity contribution in [1.29, 1.82) is 0 Å². The van der Waals surface area contributed by atoms with E-state index in [0.29, 0.717) is 16.9 Å². The number of nitrogens with zero attached hydrogens (tertiary/aromatic N) is 1. The number of methoxy groups -OCH3 is 2. The summed E-state index contributed by atoms with van der Waals surface area (Å²) in [5, 5.41) is 10.5. The molecule has 1 N–H and O–H groups in total. The summed E-state index contributed by atoms with van der Waals surface area (Å²) in [6, 6.07) is 18.3. The predicted molar refractivity (Wildman–Crippen MR) is 116 cm³/mol. The van der Waals surface area contributed by atoms with E-state index in [-0.39, 0.29) is 11.5 Å². The van der Waals surface area contributed by atoms with Gasteiger partial charge < -0.3 is 19.1 Å². The Morgan fingerprint density at radius 3 is 2.37 bits per heavy atom. The van der Waals surface area contributed by atoms with Crippen molar-refractivity contribution >= 4 is 16.7 Å². The number of carbonyl (C=O) groups excluding carboxylic acids is 1. The van der Waals surface area contributed by atoms with E-state index in [1.165, 1.54) is 12.1 Å². The number of ketones is 1. The van der Waals surface area contributed by atoms with Crippen molar-refractivity contribution in [3.63, 3.8) is 0 Å². The number of carbonyl (C=O) groups is 1. The number of phenols is 1. The summed E-state index contributed by atoms with van der Waals surface area (Å²) < 4.78 is 13.1. The monoisotopic (exact) mass is 399 g/mol. The summed E-state index contributed by atoms with van der Waals surface area (Å²) >= 11 is 0. The number of hydrogen-bond donors (Lipinski definition) is 1. The third-order valence-corrected chi connectivity index (χ3v) is 5.80. The van der Waals surface area contributed by atoms with Gasteiger partial charge in [0.05, 0.1) is 25.5 Å². The minimum Gasteiger partial charge on any atom is -0.508 e. The highest BCUT2D eigenvalue weighted by molar-refractivity contribution is 6.21. The quantitative estimate of drug-likeness (QED) is 0.500. The number of rotatable bonds is 4. The second-order valence-corrected chi connectivity index (χ2v) is 7.41. The SMILES string of the molecule is COc1ccc2c(c1)CCn1c-2c(C(=O)c2ccc(O)cc2)c2cc(OC)ccc21. The van der Waals surface area contributed by atoms with Crippen LogP contribution >= 0.6 is 0 Å². The minimum absolute atomic E-state index is 0.0781. The lowest BCUT2D eigenvalue weighted by molar-refractivity contribution is 0.104. The number of aromatic nitrogens is 1. The summed E-state index contributed by atoms with van der Waals surface area (Å²) in [6.07, 6.45) is 0.863. The molecule has 2 heterocycles. The normalized spacial score (nSPS) is 12.3. The Bertz CT molecular complexity index is 1280. The Kier molecular flexibility index (Phi) is 4.24. The average molecular weight is 399 g/mol. The van der Waals surface area contributed by atoms with Gasteiger partial charge in [-0.3, -0.25) is 4.79 Å². The van der Waals surface area contributed by atoms with E-state index >= 15 is 0 Å². The van der Waals surface area contributed by atoms with Crippen molar-refractivity contribution in [3.05, 3.63) is 77.4 Å². The summed E-state index contributed by atoms with van der Waals surface area (Å²) in [4.78, 5) is 13.7. The van der Waals surface area contributed by atoms with Crippen LogP contribution in [0.25, 0.3) is 22.2 Å². The summed E-state index contributed by atoms with van der Waals surface area (Å²) in [7, 11) is 3.29. The zero-order valence-electron chi connectivity index (χ0n) is 16.8. The fourth-order valence-corrected chi connectivity index (χ4v) is 4.33. The molecule has 1 aromatic heterocycles. The van der Waals surface area contributed by atoms with Crippen molar-refractivity contribution in [2.75, 3.05) is 14.2 Å². The smallest absolute Gasteiger partial charge is 0.195 e. The van der Waals surface area contributed by atoms with Crippen LogP contribution in [-0.2, 0) is 13.0 Å². The Hall–Kier alpha value is -3.73. The van der Waals surface area contributed by atoms with Gasteiger partial charge >= 0.3 is 0 Å². The maximum absolute atomic E-state index is 13.7. The maximum Gasteiger partial charge on any atom is 0.195 e. The molecule has 0 unspecified atom stereocenters. The molecule has 4 aromatic rings. The van der Waals surface area contributed by atoms with Gasteiger partial charge in [0.2, 0.25) is 0 Å². The van der Waals surface area contributed by atoms with Gasteiger partial charge in [0.15, 0.2) is 5.78 Å². The molecule has 1 aliphatic heterocycles. The first-order valence-electron chi connectivity index (χ1n) is 9.82. The highest BCUT2D eigenvalue weighted by Crippen LogP contribution is 2.42. The van der Waals surface area contributed by atoms with Gasteiger partial charge in [0.1, 0.15) is 17.2 Å². The van der Waals surface area contributed by atoms with Crippen LogP contribution in [0.1, 0.15) is 21.5 Å². The molecule has 0 aliphatic carbocycles. The molecule has 1 aliphatic rings. The minimum atomic E-state index is -0.0781. The molecule has 0 spiro atoms. The molecule has 0 saturated carbocycles. The largest absolute Gasteiger partial charge is 0.508 e. The van der Waals surface area contributed by atoms with Crippen LogP contribution in [-0.4, -0.2) is 29.7 Å². The van der Waals surface area contributed by atoms with Crippen LogP contribution in [0, 0.1) is 0 Å². The summed E-state index contributed by atoms with van der Waals surface area (Å²) in [6.45, 7) is 0.779. The van der Waals surface area contributed by atoms with E-state index in [0.717, 1.165) is 46.4 Å². The van der Waals surface area contributed by atoms with E-state index < -0.39 is 0 Å². The highest BCUT2D eigenvalue weighted by Gasteiger charge is 2.28. The molecular weight excluding hydrogens is 378 g/mol. The molecule has 0 atom stereocenters. The van der Waals surface area contributed by atoms with Crippen LogP contribution in [0.2, 0.25) is 0 Å². The molecule has 0 amide bonds. The number of aryl methyl sites for hydroxylation is 2. The van der Waals surface area contributed by atoms with Crippen molar-refractivity contribution in [3.8, 4) is 28.5 Å². The number of benzene rings is 3. The van der Waals surface area contributed by atoms with Crippen LogP contribution in [0.3, 0.4) is 0 Å². The van der Waals surface area contributed by atoms with Gasteiger partial charge in [0.25, 0.3) is 0 Å². The summed E-state index contributed by atoms with van der Waals surface area (Å²) in [5.74, 6) is 1.58. The van der Waals surface area contributed by atoms with E-state index in [1.807, 2.05) is 36.4 Å². The molecule has 3 aromatic carbocycles. The number of ether oxygens (including phenoxy) is 2. The number of phenolic OH excluding ortho intramolecular Hbond substituents is 1. The van der Waals surface area contributed by atoms with Crippen LogP contribution in [0.4, 0.5) is 0 Å². The fraction of sp³-hybridized carbons (Fsp3) is 0.160.